The highest BCUT2D eigenvalue weighted by molar-refractivity contribution is 5.48. The normalized spacial score (nSPS) is 10.0. The van der Waals surface area contributed by atoms with Crippen molar-refractivity contribution in [3.8, 4) is 0 Å². The lowest BCUT2D eigenvalue weighted by molar-refractivity contribution is -0.392. The summed E-state index contributed by atoms with van der Waals surface area (Å²) in [5.74, 6) is -0.115. The van der Waals surface area contributed by atoms with Crippen LogP contribution in [-0.4, -0.2) is 26.2 Å². The minimum absolute atomic E-state index is 0.115. The summed E-state index contributed by atoms with van der Waals surface area (Å²) in [5, 5.41) is 17.4. The third-order valence-corrected chi connectivity index (χ3v) is 1.73. The average Bonchev–Trinajstić information content (AvgIpc) is 2.60. The second-order valence-electron chi connectivity index (χ2n) is 2.73. The number of carbonyl (C=O) groups is 1. The van der Waals surface area contributed by atoms with Crippen molar-refractivity contribution < 1.29 is 9.72 Å². The minimum Gasteiger partial charge on any atom is -0.358 e. The molecule has 0 radical (unpaired) electrons. The Labute approximate surface area is 79.9 Å². The van der Waals surface area contributed by atoms with Crippen LogP contribution in [0.2, 0.25) is 0 Å². The van der Waals surface area contributed by atoms with Gasteiger partial charge in [-0.25, -0.2) is 0 Å². The molecule has 14 heavy (non-hydrogen) atoms. The van der Waals surface area contributed by atoms with Crippen molar-refractivity contribution in [2.45, 2.75) is 25.8 Å². The van der Waals surface area contributed by atoms with Gasteiger partial charge in [-0.15, -0.1) is 9.78 Å². The lowest BCUT2D eigenvalue weighted by Gasteiger charge is -1.96. The van der Waals surface area contributed by atoms with E-state index in [9.17, 15) is 14.9 Å². The van der Waals surface area contributed by atoms with E-state index in [4.69, 9.17) is 0 Å². The van der Waals surface area contributed by atoms with E-state index in [1.807, 2.05) is 0 Å². The maximum atomic E-state index is 10.4. The molecule has 1 rings (SSSR count). The molecule has 0 N–H and O–H groups in total. The molecule has 1 heterocycles. The van der Waals surface area contributed by atoms with Crippen LogP contribution in [0.3, 0.4) is 0 Å². The standard InChI is InChI=1S/C7H10N4O3/c12-5-3-1-2-4-10-7(11(13)14)6-8-9-10/h5-6H,1-4H2. The van der Waals surface area contributed by atoms with Gasteiger partial charge in [-0.05, 0) is 17.8 Å². The van der Waals surface area contributed by atoms with Gasteiger partial charge in [0.1, 0.15) is 19.0 Å². The topological polar surface area (TPSA) is 90.9 Å². The van der Waals surface area contributed by atoms with Crippen molar-refractivity contribution in [2.24, 2.45) is 0 Å². The highest BCUT2D eigenvalue weighted by atomic mass is 16.6. The fourth-order valence-corrected chi connectivity index (χ4v) is 1.04. The Balaban J connectivity index is 2.45. The Bertz CT molecular complexity index is 322. The van der Waals surface area contributed by atoms with Crippen LogP contribution in [-0.2, 0) is 11.3 Å². The maximum absolute atomic E-state index is 10.4. The van der Waals surface area contributed by atoms with E-state index >= 15 is 0 Å². The van der Waals surface area contributed by atoms with Crippen molar-refractivity contribution in [2.75, 3.05) is 0 Å². The molecule has 0 amide bonds. The number of rotatable bonds is 6. The fraction of sp³-hybridized carbons (Fsp3) is 0.571. The lowest BCUT2D eigenvalue weighted by Crippen LogP contribution is -2.05. The molecule has 0 bridgehead atoms. The number of unbranched alkanes of at least 4 members (excludes halogenated alkanes) is 2. The molecule has 0 spiro atoms. The molecule has 0 atom stereocenters. The zero-order chi connectivity index (χ0) is 10.4. The van der Waals surface area contributed by atoms with Gasteiger partial charge in [-0.3, -0.25) is 0 Å². The molecule has 0 aromatic carbocycles. The van der Waals surface area contributed by atoms with Crippen molar-refractivity contribution in [3.05, 3.63) is 16.3 Å². The Hall–Kier alpha value is -1.79. The summed E-state index contributed by atoms with van der Waals surface area (Å²) in [7, 11) is 0. The molecule has 7 nitrogen and oxygen atoms in total. The number of aryl methyl sites for hydroxylation is 1. The fourth-order valence-electron chi connectivity index (χ4n) is 1.04. The average molecular weight is 198 g/mol. The van der Waals surface area contributed by atoms with Crippen molar-refractivity contribution >= 4 is 12.1 Å². The third-order valence-electron chi connectivity index (χ3n) is 1.73. The van der Waals surface area contributed by atoms with Crippen molar-refractivity contribution in [1.82, 2.24) is 15.0 Å². The van der Waals surface area contributed by atoms with Gasteiger partial charge in [0.05, 0.1) is 0 Å². The van der Waals surface area contributed by atoms with Crippen LogP contribution in [0.4, 0.5) is 5.82 Å². The second kappa shape index (κ2) is 5.05. The highest BCUT2D eigenvalue weighted by Gasteiger charge is 2.13. The van der Waals surface area contributed by atoms with E-state index in [0.717, 1.165) is 12.5 Å². The van der Waals surface area contributed by atoms with Crippen LogP contribution in [0.25, 0.3) is 0 Å². The summed E-state index contributed by atoms with van der Waals surface area (Å²) in [6, 6.07) is 0. The van der Waals surface area contributed by atoms with E-state index in [2.05, 4.69) is 10.3 Å². The van der Waals surface area contributed by atoms with Gasteiger partial charge in [-0.2, -0.15) is 0 Å². The van der Waals surface area contributed by atoms with Crippen LogP contribution < -0.4 is 0 Å². The maximum Gasteiger partial charge on any atom is 0.365 e. The molecular weight excluding hydrogens is 188 g/mol. The first-order valence-electron chi connectivity index (χ1n) is 4.22. The number of aldehydes is 1. The molecule has 0 aliphatic carbocycles. The van der Waals surface area contributed by atoms with Crippen molar-refractivity contribution in [1.29, 1.82) is 0 Å². The molecule has 0 aliphatic heterocycles. The van der Waals surface area contributed by atoms with Crippen LogP contribution in [0.15, 0.2) is 6.20 Å². The van der Waals surface area contributed by atoms with Crippen LogP contribution in [0.1, 0.15) is 19.3 Å². The number of aromatic nitrogens is 3. The summed E-state index contributed by atoms with van der Waals surface area (Å²) >= 11 is 0. The third kappa shape index (κ3) is 2.61. The number of hydrogen-bond acceptors (Lipinski definition) is 5. The first-order chi connectivity index (χ1) is 6.75. The zero-order valence-electron chi connectivity index (χ0n) is 7.50. The monoisotopic (exact) mass is 198 g/mol. The van der Waals surface area contributed by atoms with Crippen LogP contribution in [0, 0.1) is 10.1 Å². The van der Waals surface area contributed by atoms with Crippen molar-refractivity contribution in [3.63, 3.8) is 0 Å². The van der Waals surface area contributed by atoms with Gasteiger partial charge in [-0.1, -0.05) is 0 Å². The molecule has 76 valence electrons. The molecule has 1 aromatic heterocycles. The predicted molar refractivity (Wildman–Crippen MR) is 46.6 cm³/mol. The van der Waals surface area contributed by atoms with Crippen LogP contribution in [0.5, 0.6) is 0 Å². The first kappa shape index (κ1) is 10.3. The van der Waals surface area contributed by atoms with Gasteiger partial charge < -0.3 is 14.9 Å². The number of carbonyl (C=O) groups excluding carboxylic acids is 1. The van der Waals surface area contributed by atoms with E-state index in [1.54, 1.807) is 0 Å². The molecule has 0 unspecified atom stereocenters. The summed E-state index contributed by atoms with van der Waals surface area (Å²) in [6.07, 6.45) is 3.81. The lowest BCUT2D eigenvalue weighted by atomic mass is 10.2. The Morgan fingerprint density at radius 3 is 3.00 bits per heavy atom. The molecule has 0 fully saturated rings. The molecular formula is C7H10N4O3. The highest BCUT2D eigenvalue weighted by Crippen LogP contribution is 2.08. The van der Waals surface area contributed by atoms with E-state index < -0.39 is 4.92 Å². The Kier molecular flexibility index (Phi) is 3.71. The van der Waals surface area contributed by atoms with Gasteiger partial charge in [0.2, 0.25) is 0 Å². The van der Waals surface area contributed by atoms with Gasteiger partial charge in [0.15, 0.2) is 0 Å². The van der Waals surface area contributed by atoms with Crippen LogP contribution >= 0.6 is 0 Å². The van der Waals surface area contributed by atoms with Gasteiger partial charge >= 0.3 is 5.82 Å². The number of nitro groups is 1. The number of nitrogens with zero attached hydrogens (tertiary/aromatic N) is 4. The first-order valence-corrected chi connectivity index (χ1v) is 4.22. The Morgan fingerprint density at radius 1 is 1.57 bits per heavy atom. The van der Waals surface area contributed by atoms with E-state index in [-0.39, 0.29) is 5.82 Å². The Morgan fingerprint density at radius 2 is 2.36 bits per heavy atom. The minimum atomic E-state index is -0.528. The summed E-state index contributed by atoms with van der Waals surface area (Å²) in [6.45, 7) is 0.421. The van der Waals surface area contributed by atoms with Gasteiger partial charge in [0.25, 0.3) is 0 Å². The summed E-state index contributed by atoms with van der Waals surface area (Å²) < 4.78 is 1.23. The van der Waals surface area contributed by atoms with E-state index in [1.165, 1.54) is 4.68 Å². The number of hydrogen-bond donors (Lipinski definition) is 0. The van der Waals surface area contributed by atoms with E-state index in [0.29, 0.717) is 25.8 Å². The predicted octanol–water partition coefficient (Wildman–Crippen LogP) is 0.555. The molecule has 0 saturated heterocycles. The van der Waals surface area contributed by atoms with Gasteiger partial charge in [0, 0.05) is 11.6 Å². The molecule has 0 aliphatic rings. The zero-order valence-corrected chi connectivity index (χ0v) is 7.50. The SMILES string of the molecule is O=CCCCCn1nncc1[N+](=O)[O-]. The molecule has 1 aromatic rings. The summed E-state index contributed by atoms with van der Waals surface area (Å²) in [4.78, 5) is 19.9. The smallest absolute Gasteiger partial charge is 0.358 e. The molecule has 0 saturated carbocycles. The largest absolute Gasteiger partial charge is 0.365 e. The summed E-state index contributed by atoms with van der Waals surface area (Å²) in [5.41, 5.74) is 0. The second-order valence-corrected chi connectivity index (χ2v) is 2.73. The molecule has 7 heteroatoms. The quantitative estimate of drug-likeness (QED) is 0.288.